The van der Waals surface area contributed by atoms with Gasteiger partial charge in [-0.05, 0) is 47.0 Å². The maximum atomic E-state index is 12.1. The van der Waals surface area contributed by atoms with Gasteiger partial charge in [-0.15, -0.1) is 0 Å². The largest absolute Gasteiger partial charge is 0.397 e. The molecule has 6 heteroatoms. The van der Waals surface area contributed by atoms with E-state index in [2.05, 4.69) is 21.2 Å². The molecule has 0 aliphatic carbocycles. The number of aryl methyl sites for hydroxylation is 1. The smallest absolute Gasteiger partial charge is 0.265 e. The van der Waals surface area contributed by atoms with E-state index in [1.54, 1.807) is 6.92 Å². The third kappa shape index (κ3) is 3.33. The minimum Gasteiger partial charge on any atom is -0.397 e. The van der Waals surface area contributed by atoms with Crippen LogP contribution in [0.4, 0.5) is 11.4 Å². The molecule has 110 valence electrons. The molecule has 0 spiro atoms. The quantitative estimate of drug-likeness (QED) is 0.893. The zero-order valence-corrected chi connectivity index (χ0v) is 13.4. The van der Waals surface area contributed by atoms with Crippen molar-refractivity contribution in [2.45, 2.75) is 20.4 Å². The number of nitrogens with one attached hydrogen (secondary N) is 1. The maximum Gasteiger partial charge on any atom is 0.265 e. The zero-order chi connectivity index (χ0) is 15.6. The number of carbonyl (C=O) groups excluding carboxylic acids is 1. The predicted octanol–water partition coefficient (Wildman–Crippen LogP) is 2.45. The lowest BCUT2D eigenvalue weighted by molar-refractivity contribution is -0.116. The molecule has 1 amide bonds. The number of hydrogen-bond donors (Lipinski definition) is 2. The SMILES string of the molecule is Cc1ccccc1NC(=O)Cn1cc(N)c(C)c(Br)c1=O. The Hall–Kier alpha value is -2.08. The summed E-state index contributed by atoms with van der Waals surface area (Å²) in [6.45, 7) is 3.57. The van der Waals surface area contributed by atoms with Crippen molar-refractivity contribution in [1.29, 1.82) is 0 Å². The first kappa shape index (κ1) is 15.3. The van der Waals surface area contributed by atoms with E-state index >= 15 is 0 Å². The number of nitrogen functional groups attached to an aromatic ring is 1. The Morgan fingerprint density at radius 1 is 1.33 bits per heavy atom. The van der Waals surface area contributed by atoms with Crippen molar-refractivity contribution in [2.24, 2.45) is 0 Å². The van der Waals surface area contributed by atoms with Crippen molar-refractivity contribution in [2.75, 3.05) is 11.1 Å². The van der Waals surface area contributed by atoms with E-state index < -0.39 is 0 Å². The lowest BCUT2D eigenvalue weighted by Crippen LogP contribution is -2.28. The van der Waals surface area contributed by atoms with E-state index in [9.17, 15) is 9.59 Å². The first-order valence-corrected chi connectivity index (χ1v) is 7.20. The number of nitrogens with zero attached hydrogens (tertiary/aromatic N) is 1. The van der Waals surface area contributed by atoms with Gasteiger partial charge in [0, 0.05) is 11.9 Å². The van der Waals surface area contributed by atoms with Gasteiger partial charge in [-0.2, -0.15) is 0 Å². The van der Waals surface area contributed by atoms with Crippen LogP contribution in [0.3, 0.4) is 0 Å². The first-order chi connectivity index (χ1) is 9.90. The molecule has 0 fully saturated rings. The molecule has 1 heterocycles. The third-order valence-electron chi connectivity index (χ3n) is 3.24. The fourth-order valence-electron chi connectivity index (χ4n) is 1.91. The number of amides is 1. The van der Waals surface area contributed by atoms with Gasteiger partial charge >= 0.3 is 0 Å². The minimum absolute atomic E-state index is 0.0871. The van der Waals surface area contributed by atoms with Crippen LogP contribution < -0.4 is 16.6 Å². The summed E-state index contributed by atoms with van der Waals surface area (Å²) in [5.74, 6) is -0.276. The normalized spacial score (nSPS) is 10.4. The molecule has 0 radical (unpaired) electrons. The number of benzene rings is 1. The zero-order valence-electron chi connectivity index (χ0n) is 11.8. The number of pyridine rings is 1. The molecule has 0 unspecified atom stereocenters. The van der Waals surface area contributed by atoms with Crippen LogP contribution in [0, 0.1) is 13.8 Å². The summed E-state index contributed by atoms with van der Waals surface area (Å²) in [7, 11) is 0. The molecule has 0 saturated heterocycles. The molecule has 0 bridgehead atoms. The van der Waals surface area contributed by atoms with Gasteiger partial charge in [0.2, 0.25) is 5.91 Å². The average molecular weight is 350 g/mol. The number of hydrogen-bond acceptors (Lipinski definition) is 3. The number of nitrogens with two attached hydrogens (primary N) is 1. The lowest BCUT2D eigenvalue weighted by atomic mass is 10.2. The van der Waals surface area contributed by atoms with E-state index in [1.807, 2.05) is 31.2 Å². The second-order valence-electron chi connectivity index (χ2n) is 4.82. The summed E-state index contributed by atoms with van der Waals surface area (Å²) in [5, 5.41) is 2.78. The van der Waals surface area contributed by atoms with Crippen molar-refractivity contribution in [3.05, 3.63) is 56.4 Å². The summed E-state index contributed by atoms with van der Waals surface area (Å²) in [4.78, 5) is 24.1. The van der Waals surface area contributed by atoms with Gasteiger partial charge < -0.3 is 15.6 Å². The molecule has 2 aromatic rings. The van der Waals surface area contributed by atoms with E-state index in [0.717, 1.165) is 11.3 Å². The summed E-state index contributed by atoms with van der Waals surface area (Å²) in [5.41, 5.74) is 8.38. The molecule has 0 atom stereocenters. The predicted molar refractivity (Wildman–Crippen MR) is 87.4 cm³/mol. The summed E-state index contributed by atoms with van der Waals surface area (Å²) in [6, 6.07) is 7.46. The van der Waals surface area contributed by atoms with Gasteiger partial charge in [0.05, 0.1) is 10.2 Å². The first-order valence-electron chi connectivity index (χ1n) is 6.40. The fraction of sp³-hybridized carbons (Fsp3) is 0.200. The third-order valence-corrected chi connectivity index (χ3v) is 4.17. The Morgan fingerprint density at radius 2 is 2.00 bits per heavy atom. The molecule has 0 aliphatic heterocycles. The van der Waals surface area contributed by atoms with Crippen molar-refractivity contribution in [3.63, 3.8) is 0 Å². The van der Waals surface area contributed by atoms with Gasteiger partial charge in [-0.3, -0.25) is 9.59 Å². The van der Waals surface area contributed by atoms with Crippen LogP contribution in [0.1, 0.15) is 11.1 Å². The highest BCUT2D eigenvalue weighted by Gasteiger charge is 2.11. The number of rotatable bonds is 3. The minimum atomic E-state index is -0.276. The summed E-state index contributed by atoms with van der Waals surface area (Å²) >= 11 is 3.20. The molecule has 0 aliphatic rings. The van der Waals surface area contributed by atoms with Crippen molar-refractivity contribution >= 4 is 33.2 Å². The number of anilines is 2. The second-order valence-corrected chi connectivity index (χ2v) is 5.61. The van der Waals surface area contributed by atoms with Gasteiger partial charge in [0.15, 0.2) is 0 Å². The number of carbonyl (C=O) groups is 1. The molecular formula is C15H16BrN3O2. The van der Waals surface area contributed by atoms with Crippen molar-refractivity contribution in [1.82, 2.24) is 4.57 Å². The van der Waals surface area contributed by atoms with Crippen molar-refractivity contribution < 1.29 is 4.79 Å². The monoisotopic (exact) mass is 349 g/mol. The highest BCUT2D eigenvalue weighted by Crippen LogP contribution is 2.17. The Bertz CT molecular complexity index is 753. The molecule has 0 saturated carbocycles. The van der Waals surface area contributed by atoms with Crippen LogP contribution in [0.25, 0.3) is 0 Å². The second kappa shape index (κ2) is 6.13. The van der Waals surface area contributed by atoms with Crippen LogP contribution in [0.5, 0.6) is 0 Å². The Kier molecular flexibility index (Phi) is 4.47. The molecule has 3 N–H and O–H groups in total. The van der Waals surface area contributed by atoms with Crippen LogP contribution in [-0.2, 0) is 11.3 Å². The Labute approximate surface area is 130 Å². The highest BCUT2D eigenvalue weighted by atomic mass is 79.9. The molecule has 1 aromatic heterocycles. The molecule has 21 heavy (non-hydrogen) atoms. The summed E-state index contributed by atoms with van der Waals surface area (Å²) in [6.07, 6.45) is 1.49. The summed E-state index contributed by atoms with van der Waals surface area (Å²) < 4.78 is 1.67. The van der Waals surface area contributed by atoms with Crippen LogP contribution >= 0.6 is 15.9 Å². The van der Waals surface area contributed by atoms with Crippen molar-refractivity contribution in [3.8, 4) is 0 Å². The van der Waals surface area contributed by atoms with E-state index in [4.69, 9.17) is 5.73 Å². The maximum absolute atomic E-state index is 12.1. The van der Waals surface area contributed by atoms with E-state index in [-0.39, 0.29) is 18.0 Å². The van der Waals surface area contributed by atoms with Crippen LogP contribution in [0.2, 0.25) is 0 Å². The number of para-hydroxylation sites is 1. The van der Waals surface area contributed by atoms with Crippen LogP contribution in [-0.4, -0.2) is 10.5 Å². The number of halogens is 1. The van der Waals surface area contributed by atoms with Gasteiger partial charge in [0.1, 0.15) is 6.54 Å². The fourth-order valence-corrected chi connectivity index (χ4v) is 2.37. The van der Waals surface area contributed by atoms with Gasteiger partial charge in [-0.25, -0.2) is 0 Å². The lowest BCUT2D eigenvalue weighted by Gasteiger charge is -2.11. The highest BCUT2D eigenvalue weighted by molar-refractivity contribution is 9.10. The molecular weight excluding hydrogens is 334 g/mol. The average Bonchev–Trinajstić information content (AvgIpc) is 2.45. The standard InChI is InChI=1S/C15H16BrN3O2/c1-9-5-3-4-6-12(9)18-13(20)8-19-7-11(17)10(2)14(16)15(19)21/h3-7H,8,17H2,1-2H3,(H,18,20). The van der Waals surface area contributed by atoms with Crippen LogP contribution in [0.15, 0.2) is 39.7 Å². The Balaban J connectivity index is 2.21. The topological polar surface area (TPSA) is 77.1 Å². The van der Waals surface area contributed by atoms with Gasteiger partial charge in [0.25, 0.3) is 5.56 Å². The van der Waals surface area contributed by atoms with Gasteiger partial charge in [-0.1, -0.05) is 18.2 Å². The van der Waals surface area contributed by atoms with E-state index in [0.29, 0.717) is 15.7 Å². The number of aromatic nitrogens is 1. The molecule has 5 nitrogen and oxygen atoms in total. The molecule has 2 rings (SSSR count). The molecule has 1 aromatic carbocycles. The van der Waals surface area contributed by atoms with E-state index in [1.165, 1.54) is 10.8 Å². The Morgan fingerprint density at radius 3 is 2.67 bits per heavy atom.